The Morgan fingerprint density at radius 3 is 2.03 bits per heavy atom. The van der Waals surface area contributed by atoms with Crippen molar-refractivity contribution in [2.75, 3.05) is 33.3 Å². The molecule has 7 nitrogen and oxygen atoms in total. The van der Waals surface area contributed by atoms with E-state index in [1.807, 2.05) is 0 Å². The van der Waals surface area contributed by atoms with E-state index >= 15 is 0 Å². The van der Waals surface area contributed by atoms with Crippen molar-refractivity contribution >= 4 is 23.4 Å². The molecule has 1 fully saturated rings. The van der Waals surface area contributed by atoms with Gasteiger partial charge in [0.1, 0.15) is 11.6 Å². The van der Waals surface area contributed by atoms with Gasteiger partial charge in [-0.1, -0.05) is 38.8 Å². The van der Waals surface area contributed by atoms with E-state index in [0.29, 0.717) is 24.1 Å². The number of ketones is 1. The summed E-state index contributed by atoms with van der Waals surface area (Å²) in [5.74, 6) is -2.82. The number of carbonyl (C=O) groups is 3. The number of hydrogen-bond acceptors (Lipinski definition) is 6. The number of esters is 1. The summed E-state index contributed by atoms with van der Waals surface area (Å²) in [6.07, 6.45) is 5.05. The summed E-state index contributed by atoms with van der Waals surface area (Å²) >= 11 is 0. The predicted octanol–water partition coefficient (Wildman–Crippen LogP) is 5.33. The number of rotatable bonds is 13. The van der Waals surface area contributed by atoms with Crippen LogP contribution in [0.15, 0.2) is 54.1 Å². The quantitative estimate of drug-likeness (QED) is 0.165. The SMILES string of the molecule is CCCCN(CCCC)CCCN1C(=O)C(=O)/C(=C(/O)c2ccc(F)cc2)C1c1ccc(C(=O)OC)cc1. The molecule has 1 aliphatic heterocycles. The summed E-state index contributed by atoms with van der Waals surface area (Å²) in [6.45, 7) is 7.39. The van der Waals surface area contributed by atoms with Crippen molar-refractivity contribution < 1.29 is 28.6 Å². The van der Waals surface area contributed by atoms with Crippen molar-refractivity contribution in [2.24, 2.45) is 0 Å². The lowest BCUT2D eigenvalue weighted by atomic mass is 9.94. The van der Waals surface area contributed by atoms with Crippen LogP contribution in [0, 0.1) is 5.82 Å². The fourth-order valence-electron chi connectivity index (χ4n) is 4.70. The Balaban J connectivity index is 1.94. The van der Waals surface area contributed by atoms with Crippen LogP contribution in [0.3, 0.4) is 0 Å². The van der Waals surface area contributed by atoms with E-state index in [4.69, 9.17) is 4.74 Å². The molecule has 204 valence electrons. The van der Waals surface area contributed by atoms with Gasteiger partial charge in [0.25, 0.3) is 11.7 Å². The molecule has 1 amide bonds. The number of likely N-dealkylation sites (tertiary alicyclic amines) is 1. The van der Waals surface area contributed by atoms with Crippen LogP contribution in [0.25, 0.3) is 5.76 Å². The summed E-state index contributed by atoms with van der Waals surface area (Å²) in [5, 5.41) is 11.1. The van der Waals surface area contributed by atoms with Gasteiger partial charge < -0.3 is 19.6 Å². The minimum Gasteiger partial charge on any atom is -0.507 e. The van der Waals surface area contributed by atoms with Gasteiger partial charge in [-0.2, -0.15) is 0 Å². The van der Waals surface area contributed by atoms with E-state index in [1.165, 1.54) is 36.3 Å². The smallest absolute Gasteiger partial charge is 0.337 e. The van der Waals surface area contributed by atoms with Gasteiger partial charge >= 0.3 is 5.97 Å². The first-order valence-electron chi connectivity index (χ1n) is 13.3. The summed E-state index contributed by atoms with van der Waals surface area (Å²) in [5.41, 5.74) is 1.09. The molecule has 1 saturated heterocycles. The molecule has 0 aliphatic carbocycles. The third kappa shape index (κ3) is 6.86. The topological polar surface area (TPSA) is 87.2 Å². The monoisotopic (exact) mass is 524 g/mol. The number of methoxy groups -OCH3 is 1. The standard InChI is InChI=1S/C30H37FN2O5/c1-4-6-17-32(18-7-5-2)19-8-20-33-26(21-9-11-23(12-10-21)30(37)38-3)25(28(35)29(33)36)27(34)22-13-15-24(31)16-14-22/h9-16,26,34H,4-8,17-20H2,1-3H3/b27-25+. The lowest BCUT2D eigenvalue weighted by molar-refractivity contribution is -0.140. The van der Waals surface area contributed by atoms with E-state index in [9.17, 15) is 23.9 Å². The minimum atomic E-state index is -0.841. The van der Waals surface area contributed by atoms with E-state index in [1.54, 1.807) is 24.3 Å². The number of halogens is 1. The molecule has 1 atom stereocenters. The molecule has 8 heteroatoms. The third-order valence-corrected chi connectivity index (χ3v) is 6.83. The van der Waals surface area contributed by atoms with E-state index in [2.05, 4.69) is 18.7 Å². The fourth-order valence-corrected chi connectivity index (χ4v) is 4.70. The van der Waals surface area contributed by atoms with Gasteiger partial charge in [-0.25, -0.2) is 9.18 Å². The largest absolute Gasteiger partial charge is 0.507 e. The number of nitrogens with zero attached hydrogens (tertiary/aromatic N) is 2. The molecule has 1 aliphatic rings. The molecule has 1 N–H and O–H groups in total. The summed E-state index contributed by atoms with van der Waals surface area (Å²) in [6, 6.07) is 10.7. The van der Waals surface area contributed by atoms with Crippen LogP contribution in [0.4, 0.5) is 4.39 Å². The molecular formula is C30H37FN2O5. The van der Waals surface area contributed by atoms with Gasteiger partial charge in [0.2, 0.25) is 0 Å². The molecule has 2 aromatic carbocycles. The molecule has 3 rings (SSSR count). The van der Waals surface area contributed by atoms with Crippen molar-refractivity contribution in [3.8, 4) is 0 Å². The second-order valence-corrected chi connectivity index (χ2v) is 9.52. The van der Waals surface area contributed by atoms with Gasteiger partial charge in [0.15, 0.2) is 0 Å². The zero-order valence-electron chi connectivity index (χ0n) is 22.4. The summed E-state index contributed by atoms with van der Waals surface area (Å²) < 4.78 is 18.3. The molecule has 0 saturated carbocycles. The van der Waals surface area contributed by atoms with Crippen LogP contribution in [-0.2, 0) is 14.3 Å². The molecule has 1 heterocycles. The van der Waals surface area contributed by atoms with Crippen molar-refractivity contribution in [1.82, 2.24) is 9.80 Å². The van der Waals surface area contributed by atoms with E-state index in [-0.39, 0.29) is 16.9 Å². The lowest BCUT2D eigenvalue weighted by Crippen LogP contribution is -2.34. The number of hydrogen-bond donors (Lipinski definition) is 1. The number of aliphatic hydroxyl groups excluding tert-OH is 1. The second kappa shape index (κ2) is 13.9. The first kappa shape index (κ1) is 29.0. The number of Topliss-reactive ketones (excluding diaryl/α,β-unsaturated/α-hetero) is 1. The summed E-state index contributed by atoms with van der Waals surface area (Å²) in [4.78, 5) is 42.2. The van der Waals surface area contributed by atoms with E-state index < -0.39 is 29.5 Å². The van der Waals surface area contributed by atoms with E-state index in [0.717, 1.165) is 45.3 Å². The van der Waals surface area contributed by atoms with Gasteiger partial charge in [-0.15, -0.1) is 0 Å². The molecule has 0 radical (unpaired) electrons. The molecule has 1 unspecified atom stereocenters. The number of aliphatic hydroxyl groups is 1. The van der Waals surface area contributed by atoms with Crippen molar-refractivity contribution in [2.45, 2.75) is 52.0 Å². The number of ether oxygens (including phenoxy) is 1. The maximum atomic E-state index is 13.5. The highest BCUT2D eigenvalue weighted by molar-refractivity contribution is 6.46. The van der Waals surface area contributed by atoms with Crippen molar-refractivity contribution in [1.29, 1.82) is 0 Å². The average Bonchev–Trinajstić information content (AvgIpc) is 3.18. The maximum Gasteiger partial charge on any atom is 0.337 e. The van der Waals surface area contributed by atoms with Crippen LogP contribution >= 0.6 is 0 Å². The second-order valence-electron chi connectivity index (χ2n) is 9.52. The minimum absolute atomic E-state index is 0.0544. The van der Waals surface area contributed by atoms with Gasteiger partial charge in [0.05, 0.1) is 24.3 Å². The Bertz CT molecular complexity index is 1140. The Labute approximate surface area is 223 Å². The fraction of sp³-hybridized carbons (Fsp3) is 0.433. The highest BCUT2D eigenvalue weighted by atomic mass is 19.1. The van der Waals surface area contributed by atoms with Crippen LogP contribution < -0.4 is 0 Å². The number of carbonyl (C=O) groups excluding carboxylic acids is 3. The normalized spacial score (nSPS) is 16.9. The first-order chi connectivity index (χ1) is 18.3. The molecule has 0 bridgehead atoms. The van der Waals surface area contributed by atoms with Crippen molar-refractivity contribution in [3.05, 3.63) is 76.6 Å². The lowest BCUT2D eigenvalue weighted by Gasteiger charge is -2.27. The Kier molecular flexibility index (Phi) is 10.6. The zero-order chi connectivity index (χ0) is 27.7. The van der Waals surface area contributed by atoms with Crippen LogP contribution in [0.1, 0.15) is 73.5 Å². The number of unbranched alkanes of at least 4 members (excludes halogenated alkanes) is 2. The van der Waals surface area contributed by atoms with Gasteiger partial charge in [0, 0.05) is 12.1 Å². The van der Waals surface area contributed by atoms with Crippen LogP contribution in [-0.4, -0.2) is 65.9 Å². The number of amides is 1. The van der Waals surface area contributed by atoms with Gasteiger partial charge in [-0.05, 0) is 80.9 Å². The Morgan fingerprint density at radius 2 is 1.47 bits per heavy atom. The number of benzene rings is 2. The highest BCUT2D eigenvalue weighted by Gasteiger charge is 2.45. The molecule has 2 aromatic rings. The Hall–Kier alpha value is -3.52. The van der Waals surface area contributed by atoms with Crippen molar-refractivity contribution in [3.63, 3.8) is 0 Å². The summed E-state index contributed by atoms with van der Waals surface area (Å²) in [7, 11) is 1.29. The Morgan fingerprint density at radius 1 is 0.921 bits per heavy atom. The molecule has 0 spiro atoms. The molecular weight excluding hydrogens is 487 g/mol. The van der Waals surface area contributed by atoms with Crippen LogP contribution in [0.2, 0.25) is 0 Å². The highest BCUT2D eigenvalue weighted by Crippen LogP contribution is 2.39. The average molecular weight is 525 g/mol. The first-order valence-corrected chi connectivity index (χ1v) is 13.3. The molecule has 0 aromatic heterocycles. The predicted molar refractivity (Wildman–Crippen MR) is 144 cm³/mol. The third-order valence-electron chi connectivity index (χ3n) is 6.83. The molecule has 38 heavy (non-hydrogen) atoms. The zero-order valence-corrected chi connectivity index (χ0v) is 22.4. The maximum absolute atomic E-state index is 13.5. The van der Waals surface area contributed by atoms with Crippen LogP contribution in [0.5, 0.6) is 0 Å². The van der Waals surface area contributed by atoms with Gasteiger partial charge in [-0.3, -0.25) is 9.59 Å².